The maximum absolute atomic E-state index is 11.7. The molecule has 0 saturated heterocycles. The zero-order valence-corrected chi connectivity index (χ0v) is 11.0. The molecule has 0 unspecified atom stereocenters. The summed E-state index contributed by atoms with van der Waals surface area (Å²) < 4.78 is 5.09. The third-order valence-electron chi connectivity index (χ3n) is 3.16. The predicted octanol–water partition coefficient (Wildman–Crippen LogP) is 1.33. The second-order valence-corrected chi connectivity index (χ2v) is 5.00. The number of nitrogens with zero attached hydrogens (tertiary/aromatic N) is 2. The number of carbonyl (C=O) groups is 1. The van der Waals surface area contributed by atoms with E-state index in [0.717, 1.165) is 30.5 Å². The summed E-state index contributed by atoms with van der Waals surface area (Å²) in [6, 6.07) is 7.95. The van der Waals surface area contributed by atoms with E-state index >= 15 is 0 Å². The van der Waals surface area contributed by atoms with Gasteiger partial charge in [0.2, 0.25) is 5.89 Å². The van der Waals surface area contributed by atoms with Crippen LogP contribution in [-0.4, -0.2) is 22.1 Å². The molecule has 1 heterocycles. The Morgan fingerprint density at radius 2 is 2.25 bits per heavy atom. The van der Waals surface area contributed by atoms with Gasteiger partial charge in [-0.05, 0) is 37.0 Å². The highest BCUT2D eigenvalue weighted by molar-refractivity contribution is 5.90. The number of hydrogen-bond acceptors (Lipinski definition) is 5. The molecule has 6 heteroatoms. The molecule has 0 atom stereocenters. The molecule has 1 fully saturated rings. The van der Waals surface area contributed by atoms with Crippen LogP contribution in [0.25, 0.3) is 0 Å². The highest BCUT2D eigenvalue weighted by Crippen LogP contribution is 2.19. The molecule has 1 saturated carbocycles. The van der Waals surface area contributed by atoms with E-state index in [9.17, 15) is 4.79 Å². The van der Waals surface area contributed by atoms with Gasteiger partial charge in [0, 0.05) is 18.2 Å². The van der Waals surface area contributed by atoms with Crippen molar-refractivity contribution in [2.24, 2.45) is 0 Å². The fraction of sp³-hybridized carbons (Fsp3) is 0.357. The summed E-state index contributed by atoms with van der Waals surface area (Å²) in [6.07, 6.45) is 3.40. The first-order valence-electron chi connectivity index (χ1n) is 6.68. The van der Waals surface area contributed by atoms with Crippen molar-refractivity contribution in [3.63, 3.8) is 0 Å². The van der Waals surface area contributed by atoms with E-state index < -0.39 is 0 Å². The number of rotatable bonds is 5. The van der Waals surface area contributed by atoms with Gasteiger partial charge < -0.3 is 15.6 Å². The molecule has 3 rings (SSSR count). The summed E-state index contributed by atoms with van der Waals surface area (Å²) in [5, 5.41) is 6.53. The molecule has 0 spiro atoms. The van der Waals surface area contributed by atoms with Crippen LogP contribution in [0.3, 0.4) is 0 Å². The molecule has 2 aromatic rings. The molecule has 0 radical (unpaired) electrons. The summed E-state index contributed by atoms with van der Waals surface area (Å²) in [7, 11) is 0. The van der Waals surface area contributed by atoms with Gasteiger partial charge in [-0.15, -0.1) is 0 Å². The highest BCUT2D eigenvalue weighted by atomic mass is 16.5. The van der Waals surface area contributed by atoms with Crippen molar-refractivity contribution in [1.82, 2.24) is 15.5 Å². The average Bonchev–Trinajstić information content (AvgIpc) is 3.11. The minimum Gasteiger partial charge on any atom is -0.399 e. The largest absolute Gasteiger partial charge is 0.399 e. The number of benzene rings is 1. The second kappa shape index (κ2) is 5.32. The SMILES string of the molecule is Nc1cccc(CCc2nc(C(=O)NC3CC3)no2)c1. The zero-order chi connectivity index (χ0) is 13.9. The van der Waals surface area contributed by atoms with Gasteiger partial charge in [0.25, 0.3) is 11.7 Å². The molecule has 3 N–H and O–H groups in total. The molecule has 20 heavy (non-hydrogen) atoms. The first-order valence-corrected chi connectivity index (χ1v) is 6.68. The molecule has 104 valence electrons. The number of aryl methyl sites for hydroxylation is 2. The van der Waals surface area contributed by atoms with Crippen molar-refractivity contribution in [3.05, 3.63) is 41.5 Å². The van der Waals surface area contributed by atoms with Crippen molar-refractivity contribution >= 4 is 11.6 Å². The lowest BCUT2D eigenvalue weighted by Gasteiger charge is -1.99. The van der Waals surface area contributed by atoms with Crippen LogP contribution in [0.5, 0.6) is 0 Å². The molecule has 1 aliphatic carbocycles. The Kier molecular flexibility index (Phi) is 3.37. The second-order valence-electron chi connectivity index (χ2n) is 5.00. The number of nitrogens with one attached hydrogen (secondary N) is 1. The number of nitrogen functional groups attached to an aromatic ring is 1. The summed E-state index contributed by atoms with van der Waals surface area (Å²) in [5.74, 6) is 0.319. The first-order chi connectivity index (χ1) is 9.70. The normalized spacial score (nSPS) is 14.2. The van der Waals surface area contributed by atoms with Gasteiger partial charge in [-0.2, -0.15) is 4.98 Å². The van der Waals surface area contributed by atoms with Crippen LogP contribution in [0.1, 0.15) is 34.9 Å². The molecule has 0 bridgehead atoms. The summed E-state index contributed by atoms with van der Waals surface area (Å²) in [6.45, 7) is 0. The fourth-order valence-electron chi connectivity index (χ4n) is 1.93. The quantitative estimate of drug-likeness (QED) is 0.801. The lowest BCUT2D eigenvalue weighted by atomic mass is 10.1. The minimum atomic E-state index is -0.258. The van der Waals surface area contributed by atoms with Gasteiger partial charge in [0.1, 0.15) is 0 Å². The van der Waals surface area contributed by atoms with E-state index in [1.807, 2.05) is 24.3 Å². The zero-order valence-electron chi connectivity index (χ0n) is 11.0. The van der Waals surface area contributed by atoms with E-state index in [0.29, 0.717) is 12.3 Å². The van der Waals surface area contributed by atoms with Crippen molar-refractivity contribution in [2.75, 3.05) is 5.73 Å². The van der Waals surface area contributed by atoms with E-state index in [-0.39, 0.29) is 17.8 Å². The number of nitrogens with two attached hydrogens (primary N) is 1. The molecule has 6 nitrogen and oxygen atoms in total. The number of aromatic nitrogens is 2. The van der Waals surface area contributed by atoms with Crippen LogP contribution in [0.15, 0.2) is 28.8 Å². The third-order valence-corrected chi connectivity index (χ3v) is 3.16. The standard InChI is InChI=1S/C14H16N4O2/c15-10-3-1-2-9(8-10)4-7-12-17-13(18-20-12)14(19)16-11-5-6-11/h1-3,8,11H,4-7,15H2,(H,16,19). The topological polar surface area (TPSA) is 94.0 Å². The van der Waals surface area contributed by atoms with Gasteiger partial charge in [-0.25, -0.2) is 0 Å². The third kappa shape index (κ3) is 3.14. The minimum absolute atomic E-state index is 0.111. The molecular weight excluding hydrogens is 256 g/mol. The van der Waals surface area contributed by atoms with Crippen LogP contribution in [0, 0.1) is 0 Å². The summed E-state index contributed by atoms with van der Waals surface area (Å²) >= 11 is 0. The van der Waals surface area contributed by atoms with Crippen LogP contribution in [0.2, 0.25) is 0 Å². The predicted molar refractivity (Wildman–Crippen MR) is 73.0 cm³/mol. The lowest BCUT2D eigenvalue weighted by Crippen LogP contribution is -2.26. The number of anilines is 1. The van der Waals surface area contributed by atoms with Crippen molar-refractivity contribution in [3.8, 4) is 0 Å². The van der Waals surface area contributed by atoms with E-state index in [4.69, 9.17) is 10.3 Å². The van der Waals surface area contributed by atoms with Crippen LogP contribution in [-0.2, 0) is 12.8 Å². The number of carbonyl (C=O) groups excluding carboxylic acids is 1. The first kappa shape index (κ1) is 12.7. The average molecular weight is 272 g/mol. The Morgan fingerprint density at radius 1 is 1.40 bits per heavy atom. The maximum Gasteiger partial charge on any atom is 0.292 e. The molecule has 1 aromatic heterocycles. The highest BCUT2D eigenvalue weighted by Gasteiger charge is 2.26. The van der Waals surface area contributed by atoms with Gasteiger partial charge in [0.05, 0.1) is 0 Å². The van der Waals surface area contributed by atoms with Gasteiger partial charge in [-0.1, -0.05) is 17.3 Å². The van der Waals surface area contributed by atoms with Gasteiger partial charge in [-0.3, -0.25) is 4.79 Å². The summed E-state index contributed by atoms with van der Waals surface area (Å²) in [5.41, 5.74) is 7.56. The van der Waals surface area contributed by atoms with Gasteiger partial charge in [0.15, 0.2) is 0 Å². The van der Waals surface area contributed by atoms with Crippen LogP contribution in [0.4, 0.5) is 5.69 Å². The van der Waals surface area contributed by atoms with Crippen LogP contribution >= 0.6 is 0 Å². The van der Waals surface area contributed by atoms with Crippen molar-refractivity contribution in [2.45, 2.75) is 31.7 Å². The Labute approximate surface area is 116 Å². The Hall–Kier alpha value is -2.37. The Balaban J connectivity index is 1.58. The maximum atomic E-state index is 11.7. The Bertz CT molecular complexity index is 619. The monoisotopic (exact) mass is 272 g/mol. The van der Waals surface area contributed by atoms with E-state index in [1.165, 1.54) is 0 Å². The van der Waals surface area contributed by atoms with E-state index in [2.05, 4.69) is 15.5 Å². The van der Waals surface area contributed by atoms with Crippen LogP contribution < -0.4 is 11.1 Å². The molecule has 1 aromatic carbocycles. The molecular formula is C14H16N4O2. The fourth-order valence-corrected chi connectivity index (χ4v) is 1.93. The summed E-state index contributed by atoms with van der Waals surface area (Å²) in [4.78, 5) is 15.8. The number of hydrogen-bond donors (Lipinski definition) is 2. The smallest absolute Gasteiger partial charge is 0.292 e. The van der Waals surface area contributed by atoms with Crippen molar-refractivity contribution < 1.29 is 9.32 Å². The van der Waals surface area contributed by atoms with Crippen molar-refractivity contribution in [1.29, 1.82) is 0 Å². The van der Waals surface area contributed by atoms with E-state index in [1.54, 1.807) is 0 Å². The van der Waals surface area contributed by atoms with Gasteiger partial charge >= 0.3 is 0 Å². The Morgan fingerprint density at radius 3 is 3.00 bits per heavy atom. The molecule has 1 aliphatic rings. The lowest BCUT2D eigenvalue weighted by molar-refractivity contribution is 0.0937. The number of amides is 1. The molecule has 1 amide bonds. The molecule has 0 aliphatic heterocycles.